The van der Waals surface area contributed by atoms with E-state index in [1.807, 2.05) is 0 Å². The molecule has 2 fully saturated rings. The Bertz CT molecular complexity index is 408. The Kier molecular flexibility index (Phi) is 5.06. The molecule has 0 aromatic heterocycles. The second kappa shape index (κ2) is 6.46. The van der Waals surface area contributed by atoms with Crippen LogP contribution >= 0.6 is 11.8 Å². The lowest BCUT2D eigenvalue weighted by molar-refractivity contribution is -0.185. The highest BCUT2D eigenvalue weighted by Crippen LogP contribution is 2.40. The van der Waals surface area contributed by atoms with Crippen LogP contribution in [0.5, 0.6) is 0 Å². The number of alkyl halides is 3. The molecule has 1 saturated carbocycles. The second-order valence-electron chi connectivity index (χ2n) is 5.55. The molecule has 1 atom stereocenters. The number of hydrogen-bond donors (Lipinski definition) is 1. The average Bonchev–Trinajstić information content (AvgIpc) is 2.45. The molecule has 2 rings (SSSR count). The minimum Gasteiger partial charge on any atom is -0.480 e. The van der Waals surface area contributed by atoms with E-state index in [4.69, 9.17) is 5.11 Å². The minimum atomic E-state index is -4.20. The SMILES string of the molecule is O=C(O)C1CSCCN1C(=O)C1CCC(C(F)(F)F)CC1. The van der Waals surface area contributed by atoms with E-state index in [1.165, 1.54) is 16.7 Å². The standard InChI is InChI=1S/C13H18F3NO3S/c14-13(15,16)9-3-1-8(2-4-9)11(18)17-5-6-21-7-10(17)12(19)20/h8-10H,1-7H2,(H,19,20). The predicted octanol–water partition coefficient (Wildman–Crippen LogP) is 2.38. The number of halogens is 3. The van der Waals surface area contributed by atoms with Gasteiger partial charge < -0.3 is 10.0 Å². The highest BCUT2D eigenvalue weighted by molar-refractivity contribution is 7.99. The smallest absolute Gasteiger partial charge is 0.391 e. The van der Waals surface area contributed by atoms with Crippen molar-refractivity contribution in [3.8, 4) is 0 Å². The van der Waals surface area contributed by atoms with Crippen molar-refractivity contribution in [2.75, 3.05) is 18.1 Å². The molecular weight excluding hydrogens is 307 g/mol. The van der Waals surface area contributed by atoms with Crippen LogP contribution in [0.25, 0.3) is 0 Å². The van der Waals surface area contributed by atoms with Crippen molar-refractivity contribution in [1.82, 2.24) is 4.90 Å². The van der Waals surface area contributed by atoms with Gasteiger partial charge in [-0.25, -0.2) is 4.79 Å². The molecule has 0 aromatic rings. The molecule has 1 aliphatic carbocycles. The topological polar surface area (TPSA) is 57.6 Å². The molecule has 1 heterocycles. The highest BCUT2D eigenvalue weighted by Gasteiger charge is 2.44. The Balaban J connectivity index is 1.96. The number of thioether (sulfide) groups is 1. The highest BCUT2D eigenvalue weighted by atomic mass is 32.2. The van der Waals surface area contributed by atoms with Gasteiger partial charge in [-0.2, -0.15) is 24.9 Å². The summed E-state index contributed by atoms with van der Waals surface area (Å²) in [7, 11) is 0. The lowest BCUT2D eigenvalue weighted by Crippen LogP contribution is -2.52. The van der Waals surface area contributed by atoms with Gasteiger partial charge in [0.25, 0.3) is 0 Å². The molecule has 1 N–H and O–H groups in total. The fourth-order valence-corrected chi connectivity index (χ4v) is 4.01. The number of carboxylic acid groups (broad SMARTS) is 1. The van der Waals surface area contributed by atoms with E-state index in [1.54, 1.807) is 0 Å². The van der Waals surface area contributed by atoms with Crippen molar-refractivity contribution in [1.29, 1.82) is 0 Å². The maximum Gasteiger partial charge on any atom is 0.391 e. The van der Waals surface area contributed by atoms with Crippen LogP contribution in [0.2, 0.25) is 0 Å². The normalized spacial score (nSPS) is 31.0. The summed E-state index contributed by atoms with van der Waals surface area (Å²) in [6.07, 6.45) is -3.89. The summed E-state index contributed by atoms with van der Waals surface area (Å²) in [6, 6.07) is -0.850. The number of hydrogen-bond acceptors (Lipinski definition) is 3. The second-order valence-corrected chi connectivity index (χ2v) is 6.70. The van der Waals surface area contributed by atoms with Crippen molar-refractivity contribution in [2.45, 2.75) is 37.9 Å². The minimum absolute atomic E-state index is 0.0414. The quantitative estimate of drug-likeness (QED) is 0.847. The number of amides is 1. The van der Waals surface area contributed by atoms with Gasteiger partial charge in [0.05, 0.1) is 5.92 Å². The third-order valence-corrected chi connectivity index (χ3v) is 5.26. The zero-order valence-electron chi connectivity index (χ0n) is 11.4. The van der Waals surface area contributed by atoms with E-state index >= 15 is 0 Å². The molecule has 1 amide bonds. The number of nitrogens with zero attached hydrogens (tertiary/aromatic N) is 1. The molecular formula is C13H18F3NO3S. The number of carbonyl (C=O) groups is 2. The Morgan fingerprint density at radius 1 is 1.14 bits per heavy atom. The molecule has 0 aromatic carbocycles. The fraction of sp³-hybridized carbons (Fsp3) is 0.846. The Hall–Kier alpha value is -0.920. The van der Waals surface area contributed by atoms with Crippen LogP contribution in [0, 0.1) is 11.8 Å². The average molecular weight is 325 g/mol. The summed E-state index contributed by atoms with van der Waals surface area (Å²) < 4.78 is 37.8. The van der Waals surface area contributed by atoms with Gasteiger partial charge in [0.15, 0.2) is 0 Å². The number of aliphatic carboxylic acids is 1. The van der Waals surface area contributed by atoms with Crippen LogP contribution in [-0.2, 0) is 9.59 Å². The van der Waals surface area contributed by atoms with Gasteiger partial charge in [-0.1, -0.05) is 0 Å². The van der Waals surface area contributed by atoms with Crippen LogP contribution in [0.15, 0.2) is 0 Å². The van der Waals surface area contributed by atoms with E-state index in [-0.39, 0.29) is 31.6 Å². The third-order valence-electron chi connectivity index (χ3n) is 4.24. The Morgan fingerprint density at radius 2 is 1.76 bits per heavy atom. The molecule has 0 spiro atoms. The molecule has 4 nitrogen and oxygen atoms in total. The van der Waals surface area contributed by atoms with Crippen molar-refractivity contribution in [2.24, 2.45) is 11.8 Å². The lowest BCUT2D eigenvalue weighted by Gasteiger charge is -2.37. The summed E-state index contributed by atoms with van der Waals surface area (Å²) in [5, 5.41) is 9.15. The van der Waals surface area contributed by atoms with Crippen molar-refractivity contribution >= 4 is 23.6 Å². The largest absolute Gasteiger partial charge is 0.480 e. The van der Waals surface area contributed by atoms with Crippen LogP contribution < -0.4 is 0 Å². The molecule has 1 saturated heterocycles. The first-order valence-corrected chi connectivity index (χ1v) is 8.14. The van der Waals surface area contributed by atoms with Crippen molar-refractivity contribution in [3.05, 3.63) is 0 Å². The first-order chi connectivity index (χ1) is 9.80. The summed E-state index contributed by atoms with van der Waals surface area (Å²) >= 11 is 1.48. The Labute approximate surface area is 125 Å². The van der Waals surface area contributed by atoms with Gasteiger partial charge >= 0.3 is 12.1 Å². The molecule has 120 valence electrons. The molecule has 21 heavy (non-hydrogen) atoms. The van der Waals surface area contributed by atoms with E-state index in [9.17, 15) is 22.8 Å². The summed E-state index contributed by atoms with van der Waals surface area (Å²) in [4.78, 5) is 24.9. The van der Waals surface area contributed by atoms with Gasteiger partial charge in [0.1, 0.15) is 6.04 Å². The zero-order valence-corrected chi connectivity index (χ0v) is 12.3. The fourth-order valence-electron chi connectivity index (χ4n) is 2.97. The van der Waals surface area contributed by atoms with Gasteiger partial charge in [0.2, 0.25) is 5.91 Å². The van der Waals surface area contributed by atoms with Crippen molar-refractivity contribution < 1.29 is 27.9 Å². The molecule has 8 heteroatoms. The monoisotopic (exact) mass is 325 g/mol. The molecule has 2 aliphatic rings. The Morgan fingerprint density at radius 3 is 2.29 bits per heavy atom. The summed E-state index contributed by atoms with van der Waals surface area (Å²) in [5.41, 5.74) is 0. The van der Waals surface area contributed by atoms with Gasteiger partial charge in [-0.05, 0) is 25.7 Å². The van der Waals surface area contributed by atoms with Crippen LogP contribution in [0.3, 0.4) is 0 Å². The maximum absolute atomic E-state index is 12.6. The molecule has 0 radical (unpaired) electrons. The van der Waals surface area contributed by atoms with Gasteiger partial charge in [-0.3, -0.25) is 4.79 Å². The van der Waals surface area contributed by atoms with Gasteiger partial charge in [-0.15, -0.1) is 0 Å². The zero-order chi connectivity index (χ0) is 15.6. The van der Waals surface area contributed by atoms with E-state index in [0.29, 0.717) is 18.1 Å². The summed E-state index contributed by atoms with van der Waals surface area (Å²) in [6.45, 7) is 0.361. The maximum atomic E-state index is 12.6. The predicted molar refractivity (Wildman–Crippen MR) is 72.0 cm³/mol. The van der Waals surface area contributed by atoms with Crippen molar-refractivity contribution in [3.63, 3.8) is 0 Å². The van der Waals surface area contributed by atoms with E-state index in [2.05, 4.69) is 0 Å². The van der Waals surface area contributed by atoms with Crippen LogP contribution in [0.1, 0.15) is 25.7 Å². The molecule has 0 bridgehead atoms. The van der Waals surface area contributed by atoms with Gasteiger partial charge in [0, 0.05) is 24.0 Å². The first kappa shape index (κ1) is 16.5. The first-order valence-electron chi connectivity index (χ1n) is 6.98. The third kappa shape index (κ3) is 3.84. The molecule has 1 aliphatic heterocycles. The summed E-state index contributed by atoms with van der Waals surface area (Å²) in [5.74, 6) is -2.10. The van der Waals surface area contributed by atoms with E-state index in [0.717, 1.165) is 0 Å². The van der Waals surface area contributed by atoms with E-state index < -0.39 is 30.0 Å². The lowest BCUT2D eigenvalue weighted by atomic mass is 9.81. The number of carbonyl (C=O) groups excluding carboxylic acids is 1. The van der Waals surface area contributed by atoms with Crippen LogP contribution in [-0.4, -0.2) is 52.2 Å². The molecule has 1 unspecified atom stereocenters. The number of rotatable bonds is 2. The number of carboxylic acids is 1. The van der Waals surface area contributed by atoms with Crippen LogP contribution in [0.4, 0.5) is 13.2 Å².